The first kappa shape index (κ1) is 22.0. The van der Waals surface area contributed by atoms with Crippen molar-refractivity contribution in [1.29, 1.82) is 0 Å². The predicted octanol–water partition coefficient (Wildman–Crippen LogP) is 4.26. The summed E-state index contributed by atoms with van der Waals surface area (Å²) in [5.74, 6) is -1.95. The lowest BCUT2D eigenvalue weighted by atomic mass is 9.89. The van der Waals surface area contributed by atoms with Gasteiger partial charge >= 0.3 is 5.97 Å². The fraction of sp³-hybridized carbons (Fsp3) is 0.120. The molecule has 0 saturated carbocycles. The minimum atomic E-state index is -1.52. The maximum Gasteiger partial charge on any atom is 0.334 e. The van der Waals surface area contributed by atoms with Gasteiger partial charge in [-0.2, -0.15) is 0 Å². The smallest absolute Gasteiger partial charge is 0.334 e. The summed E-state index contributed by atoms with van der Waals surface area (Å²) in [5, 5.41) is 14.2. The molecule has 0 unspecified atom stereocenters. The molecule has 0 amide bonds. The van der Waals surface area contributed by atoms with Crippen molar-refractivity contribution in [3.63, 3.8) is 0 Å². The van der Waals surface area contributed by atoms with Gasteiger partial charge in [0, 0.05) is 17.7 Å². The van der Waals surface area contributed by atoms with Crippen LogP contribution >= 0.6 is 0 Å². The number of nitrogens with zero attached hydrogens (tertiary/aromatic N) is 1. The first-order chi connectivity index (χ1) is 15.9. The molecule has 0 aliphatic carbocycles. The van der Waals surface area contributed by atoms with Gasteiger partial charge in [0.05, 0.1) is 23.6 Å². The highest BCUT2D eigenvalue weighted by atomic mass is 19.1. The molecule has 1 aliphatic heterocycles. The molecule has 0 aromatic heterocycles. The lowest BCUT2D eigenvalue weighted by Crippen LogP contribution is -2.46. The number of rotatable bonds is 6. The number of hydrogen-bond donors (Lipinski definition) is 1. The number of carbonyl (C=O) groups is 2. The topological polar surface area (TPSA) is 98.5 Å². The highest BCUT2D eigenvalue weighted by molar-refractivity contribution is 6.11. The molecule has 4 rings (SSSR count). The highest BCUT2D eigenvalue weighted by Crippen LogP contribution is 2.41. The second-order valence-electron chi connectivity index (χ2n) is 7.50. The second kappa shape index (κ2) is 8.76. The Morgan fingerprint density at radius 1 is 1.00 bits per heavy atom. The van der Waals surface area contributed by atoms with E-state index in [9.17, 15) is 24.1 Å². The number of esters is 1. The first-order valence-electron chi connectivity index (χ1n) is 10.1. The third kappa shape index (κ3) is 3.92. The van der Waals surface area contributed by atoms with Crippen molar-refractivity contribution in [2.24, 2.45) is 0 Å². The summed E-state index contributed by atoms with van der Waals surface area (Å²) in [5.41, 5.74) is -0.628. The number of ether oxygens (including phenoxy) is 1. The molecular weight excluding hydrogens is 427 g/mol. The van der Waals surface area contributed by atoms with Crippen molar-refractivity contribution < 1.29 is 23.6 Å². The van der Waals surface area contributed by atoms with Gasteiger partial charge in [0.1, 0.15) is 5.82 Å². The molecule has 1 heterocycles. The quantitative estimate of drug-likeness (QED) is 0.263. The van der Waals surface area contributed by atoms with Crippen LogP contribution in [0.25, 0.3) is 0 Å². The second-order valence-corrected chi connectivity index (χ2v) is 7.50. The molecule has 0 saturated heterocycles. The van der Waals surface area contributed by atoms with E-state index in [1.54, 1.807) is 36.4 Å². The molecule has 7 nitrogen and oxygen atoms in total. The summed E-state index contributed by atoms with van der Waals surface area (Å²) in [4.78, 5) is 37.0. The average molecular weight is 446 g/mol. The fourth-order valence-corrected chi connectivity index (χ4v) is 3.98. The molecule has 3 aromatic carbocycles. The summed E-state index contributed by atoms with van der Waals surface area (Å²) in [6.45, 7) is 0. The van der Waals surface area contributed by atoms with Crippen LogP contribution in [0.2, 0.25) is 0 Å². The molecule has 1 aliphatic rings. The van der Waals surface area contributed by atoms with Gasteiger partial charge < -0.3 is 4.74 Å². The number of non-ortho nitro benzene ring substituents is 1. The lowest BCUT2D eigenvalue weighted by Gasteiger charge is -2.28. The molecule has 3 aromatic rings. The van der Waals surface area contributed by atoms with Crippen LogP contribution in [-0.2, 0) is 15.1 Å². The number of carbonyl (C=O) groups excluding carboxylic acids is 2. The highest BCUT2D eigenvalue weighted by Gasteiger charge is 2.49. The number of methoxy groups -OCH3 is 1. The van der Waals surface area contributed by atoms with Crippen LogP contribution in [0.3, 0.4) is 0 Å². The monoisotopic (exact) mass is 446 g/mol. The van der Waals surface area contributed by atoms with Crippen molar-refractivity contribution in [2.45, 2.75) is 11.6 Å². The van der Waals surface area contributed by atoms with E-state index < -0.39 is 34.1 Å². The molecule has 0 bridgehead atoms. The molecule has 8 heteroatoms. The van der Waals surface area contributed by atoms with E-state index in [1.165, 1.54) is 55.7 Å². The minimum absolute atomic E-state index is 0.120. The number of ketones is 1. The molecule has 0 radical (unpaired) electrons. The Morgan fingerprint density at radius 3 is 2.24 bits per heavy atom. The Bertz CT molecular complexity index is 1260. The van der Waals surface area contributed by atoms with Gasteiger partial charge in [-0.25, -0.2) is 9.18 Å². The summed E-state index contributed by atoms with van der Waals surface area (Å²) >= 11 is 0. The van der Waals surface area contributed by atoms with Crippen LogP contribution in [0, 0.1) is 15.9 Å². The maximum atomic E-state index is 14.5. The van der Waals surface area contributed by atoms with E-state index >= 15 is 0 Å². The van der Waals surface area contributed by atoms with Crippen molar-refractivity contribution in [1.82, 2.24) is 5.32 Å². The number of halogens is 1. The van der Waals surface area contributed by atoms with Crippen molar-refractivity contribution in [2.75, 3.05) is 7.11 Å². The van der Waals surface area contributed by atoms with Gasteiger partial charge in [-0.3, -0.25) is 20.2 Å². The van der Waals surface area contributed by atoms with E-state index in [0.29, 0.717) is 11.1 Å². The van der Waals surface area contributed by atoms with Crippen molar-refractivity contribution >= 4 is 17.4 Å². The van der Waals surface area contributed by atoms with Gasteiger partial charge in [-0.1, -0.05) is 54.6 Å². The Morgan fingerprint density at radius 2 is 1.64 bits per heavy atom. The number of Topliss-reactive ketones (excluding diaryl/α,β-unsaturated/α-hetero) is 1. The average Bonchev–Trinajstić information content (AvgIpc) is 3.26. The Balaban J connectivity index is 1.89. The fourth-order valence-electron chi connectivity index (χ4n) is 3.98. The Labute approximate surface area is 188 Å². The standard InChI is InChI=1S/C25H19FN2O5/c1-33-24(30)25(17-7-3-2-4-8-17)15-20(23(29)19-9-5-6-10-21(19)26)22(27-25)16-11-13-18(14-12-16)28(31)32/h2-15,22,27H,1H3/t22-,25-/m0/s1. The van der Waals surface area contributed by atoms with Crippen LogP contribution in [0.1, 0.15) is 27.5 Å². The molecular formula is C25H19FN2O5. The summed E-state index contributed by atoms with van der Waals surface area (Å²) in [6, 6.07) is 19.0. The summed E-state index contributed by atoms with van der Waals surface area (Å²) in [7, 11) is 1.24. The van der Waals surface area contributed by atoms with E-state index in [0.717, 1.165) is 0 Å². The van der Waals surface area contributed by atoms with E-state index in [4.69, 9.17) is 4.74 Å². The number of hydrogen-bond acceptors (Lipinski definition) is 6. The lowest BCUT2D eigenvalue weighted by molar-refractivity contribution is -0.384. The summed E-state index contributed by atoms with van der Waals surface area (Å²) in [6.07, 6.45) is 1.45. The molecule has 1 N–H and O–H groups in total. The van der Waals surface area contributed by atoms with Crippen LogP contribution < -0.4 is 5.32 Å². The van der Waals surface area contributed by atoms with Gasteiger partial charge in [0.15, 0.2) is 11.3 Å². The van der Waals surface area contributed by atoms with Crippen LogP contribution in [0.4, 0.5) is 10.1 Å². The maximum absolute atomic E-state index is 14.5. The number of nitro groups is 1. The van der Waals surface area contributed by atoms with Gasteiger partial charge in [-0.05, 0) is 29.3 Å². The third-order valence-electron chi connectivity index (χ3n) is 5.61. The molecule has 166 valence electrons. The third-order valence-corrected chi connectivity index (χ3v) is 5.61. The van der Waals surface area contributed by atoms with Crippen molar-refractivity contribution in [3.8, 4) is 0 Å². The largest absolute Gasteiger partial charge is 0.467 e. The molecule has 0 fully saturated rings. The first-order valence-corrected chi connectivity index (χ1v) is 10.1. The Kier molecular flexibility index (Phi) is 5.85. The molecule has 0 spiro atoms. The van der Waals surface area contributed by atoms with Crippen LogP contribution in [-0.4, -0.2) is 23.8 Å². The number of nitrogens with one attached hydrogen (secondary N) is 1. The zero-order valence-corrected chi connectivity index (χ0v) is 17.5. The van der Waals surface area contributed by atoms with E-state index in [1.807, 2.05) is 0 Å². The zero-order valence-electron chi connectivity index (χ0n) is 17.5. The van der Waals surface area contributed by atoms with E-state index in [-0.39, 0.29) is 16.8 Å². The van der Waals surface area contributed by atoms with E-state index in [2.05, 4.69) is 5.32 Å². The van der Waals surface area contributed by atoms with Crippen LogP contribution in [0.5, 0.6) is 0 Å². The van der Waals surface area contributed by atoms with Crippen LogP contribution in [0.15, 0.2) is 90.5 Å². The normalized spacial score (nSPS) is 19.6. The molecule has 2 atom stereocenters. The van der Waals surface area contributed by atoms with Gasteiger partial charge in [-0.15, -0.1) is 0 Å². The number of benzene rings is 3. The number of nitro benzene ring substituents is 1. The zero-order chi connectivity index (χ0) is 23.6. The Hall–Kier alpha value is -4.17. The van der Waals surface area contributed by atoms with Gasteiger partial charge in [0.2, 0.25) is 0 Å². The summed E-state index contributed by atoms with van der Waals surface area (Å²) < 4.78 is 19.5. The minimum Gasteiger partial charge on any atom is -0.467 e. The SMILES string of the molecule is COC(=O)[C@@]1(c2ccccc2)C=C(C(=O)c2ccccc2F)[C@H](c2ccc([N+](=O)[O-])cc2)N1. The predicted molar refractivity (Wildman–Crippen MR) is 118 cm³/mol. The van der Waals surface area contributed by atoms with Crippen molar-refractivity contribution in [3.05, 3.63) is 123 Å². The van der Waals surface area contributed by atoms with Gasteiger partial charge in [0.25, 0.3) is 5.69 Å². The molecule has 33 heavy (non-hydrogen) atoms.